The second-order valence-electron chi connectivity index (χ2n) is 8.14. The molecule has 0 spiro atoms. The van der Waals surface area contributed by atoms with E-state index in [0.717, 1.165) is 30.8 Å². The predicted octanol–water partition coefficient (Wildman–Crippen LogP) is 4.85. The Bertz CT molecular complexity index is 984. The van der Waals surface area contributed by atoms with Crippen LogP contribution in [0.1, 0.15) is 49.0 Å². The SMILES string of the molecule is CC(=O)N=C[C@]1(C)CCCN(C2OC2c2ccc(-c3noc(C(F)(F)F)c3C)s2)C1. The molecule has 0 aliphatic carbocycles. The first-order valence-corrected chi connectivity index (χ1v) is 10.5. The largest absolute Gasteiger partial charge is 0.452 e. The Morgan fingerprint density at radius 3 is 2.87 bits per heavy atom. The van der Waals surface area contributed by atoms with Crippen LogP contribution in [-0.4, -0.2) is 41.5 Å². The number of alkyl halides is 3. The zero-order valence-corrected chi connectivity index (χ0v) is 17.6. The van der Waals surface area contributed by atoms with Crippen molar-refractivity contribution in [1.29, 1.82) is 0 Å². The number of aliphatic imine (C=N–C) groups is 1. The van der Waals surface area contributed by atoms with Crippen LogP contribution in [0.25, 0.3) is 10.6 Å². The molecular weight excluding hydrogens is 419 g/mol. The molecule has 3 atom stereocenters. The minimum absolute atomic E-state index is 0.0132. The number of carbonyl (C=O) groups excluding carboxylic acids is 1. The molecule has 2 unspecified atom stereocenters. The van der Waals surface area contributed by atoms with E-state index in [4.69, 9.17) is 4.74 Å². The number of rotatable bonds is 4. The van der Waals surface area contributed by atoms with Crippen molar-refractivity contribution in [2.45, 2.75) is 52.1 Å². The number of hydrogen-bond donors (Lipinski definition) is 0. The molecule has 0 saturated carbocycles. The molecule has 0 aromatic carbocycles. The van der Waals surface area contributed by atoms with Gasteiger partial charge in [-0.25, -0.2) is 4.99 Å². The fourth-order valence-corrected chi connectivity index (χ4v) is 5.03. The number of ether oxygens (including phenoxy) is 1. The van der Waals surface area contributed by atoms with Gasteiger partial charge in [-0.2, -0.15) is 13.2 Å². The van der Waals surface area contributed by atoms with Gasteiger partial charge in [-0.3, -0.25) is 9.69 Å². The van der Waals surface area contributed by atoms with Crippen LogP contribution in [0.15, 0.2) is 21.6 Å². The molecule has 0 radical (unpaired) electrons. The van der Waals surface area contributed by atoms with E-state index >= 15 is 0 Å². The van der Waals surface area contributed by atoms with E-state index in [1.54, 1.807) is 12.3 Å². The van der Waals surface area contributed by atoms with Crippen molar-refractivity contribution in [2.75, 3.05) is 13.1 Å². The Hall–Kier alpha value is -2.04. The first-order chi connectivity index (χ1) is 14.1. The van der Waals surface area contributed by atoms with Gasteiger partial charge in [0.1, 0.15) is 18.0 Å². The van der Waals surface area contributed by atoms with Crippen LogP contribution in [0.2, 0.25) is 0 Å². The summed E-state index contributed by atoms with van der Waals surface area (Å²) in [4.78, 5) is 18.9. The normalized spacial score (nSPS) is 27.7. The molecule has 2 saturated heterocycles. The lowest BCUT2D eigenvalue weighted by Gasteiger charge is -2.37. The zero-order valence-electron chi connectivity index (χ0n) is 16.8. The van der Waals surface area contributed by atoms with Crippen LogP contribution in [0.4, 0.5) is 13.2 Å². The Labute approximate surface area is 175 Å². The molecule has 30 heavy (non-hydrogen) atoms. The minimum atomic E-state index is -4.56. The third-order valence-electron chi connectivity index (χ3n) is 5.47. The Morgan fingerprint density at radius 1 is 1.43 bits per heavy atom. The maximum absolute atomic E-state index is 13.0. The van der Waals surface area contributed by atoms with Gasteiger partial charge in [-0.15, -0.1) is 11.3 Å². The average Bonchev–Trinajstić information content (AvgIpc) is 3.13. The van der Waals surface area contributed by atoms with Crippen molar-refractivity contribution in [2.24, 2.45) is 10.4 Å². The molecule has 0 N–H and O–H groups in total. The first-order valence-electron chi connectivity index (χ1n) is 9.66. The number of epoxide rings is 1. The van der Waals surface area contributed by atoms with Gasteiger partial charge in [0.15, 0.2) is 0 Å². The predicted molar refractivity (Wildman–Crippen MR) is 105 cm³/mol. The van der Waals surface area contributed by atoms with E-state index in [2.05, 4.69) is 26.5 Å². The van der Waals surface area contributed by atoms with Crippen molar-refractivity contribution in [3.8, 4) is 10.6 Å². The van der Waals surface area contributed by atoms with Crippen molar-refractivity contribution in [1.82, 2.24) is 10.1 Å². The lowest BCUT2D eigenvalue weighted by atomic mass is 9.83. The lowest BCUT2D eigenvalue weighted by molar-refractivity contribution is -0.156. The highest BCUT2D eigenvalue weighted by atomic mass is 32.1. The van der Waals surface area contributed by atoms with Crippen molar-refractivity contribution >= 4 is 23.5 Å². The fourth-order valence-electron chi connectivity index (χ4n) is 3.93. The van der Waals surface area contributed by atoms with Gasteiger partial charge in [-0.05, 0) is 31.9 Å². The number of likely N-dealkylation sites (tertiary alicyclic amines) is 1. The molecule has 162 valence electrons. The lowest BCUT2D eigenvalue weighted by Crippen LogP contribution is -2.44. The third kappa shape index (κ3) is 4.21. The molecule has 10 heteroatoms. The summed E-state index contributed by atoms with van der Waals surface area (Å²) in [6, 6.07) is 3.62. The van der Waals surface area contributed by atoms with Gasteiger partial charge in [0, 0.05) is 42.1 Å². The van der Waals surface area contributed by atoms with E-state index in [1.807, 2.05) is 6.07 Å². The number of amides is 1. The van der Waals surface area contributed by atoms with Crippen LogP contribution in [0.5, 0.6) is 0 Å². The van der Waals surface area contributed by atoms with Crippen LogP contribution in [0, 0.1) is 12.3 Å². The van der Waals surface area contributed by atoms with Crippen LogP contribution in [0.3, 0.4) is 0 Å². The van der Waals surface area contributed by atoms with Gasteiger partial charge in [0.25, 0.3) is 0 Å². The van der Waals surface area contributed by atoms with Gasteiger partial charge < -0.3 is 9.26 Å². The molecule has 4 rings (SSSR count). The highest BCUT2D eigenvalue weighted by Gasteiger charge is 2.48. The Balaban J connectivity index is 1.45. The van der Waals surface area contributed by atoms with E-state index in [9.17, 15) is 18.0 Å². The number of hydrogen-bond acceptors (Lipinski definition) is 6. The molecule has 2 aromatic rings. The van der Waals surface area contributed by atoms with E-state index < -0.39 is 11.9 Å². The quantitative estimate of drug-likeness (QED) is 0.501. The highest BCUT2D eigenvalue weighted by molar-refractivity contribution is 7.15. The van der Waals surface area contributed by atoms with Crippen LogP contribution < -0.4 is 0 Å². The topological polar surface area (TPSA) is 71.2 Å². The number of piperidine rings is 1. The van der Waals surface area contributed by atoms with Gasteiger partial charge in [0.2, 0.25) is 11.7 Å². The maximum atomic E-state index is 13.0. The molecule has 2 aliphatic heterocycles. The summed E-state index contributed by atoms with van der Waals surface area (Å²) in [5.74, 6) is -1.27. The van der Waals surface area contributed by atoms with Crippen molar-refractivity contribution in [3.63, 3.8) is 0 Å². The summed E-state index contributed by atoms with van der Waals surface area (Å²) in [7, 11) is 0. The molecule has 0 bridgehead atoms. The minimum Gasteiger partial charge on any atom is -0.351 e. The fraction of sp³-hybridized carbons (Fsp3) is 0.550. The van der Waals surface area contributed by atoms with Gasteiger partial charge in [0.05, 0.1) is 4.88 Å². The Kier molecular flexibility index (Phi) is 5.36. The van der Waals surface area contributed by atoms with E-state index in [1.165, 1.54) is 25.2 Å². The molecule has 2 aromatic heterocycles. The smallest absolute Gasteiger partial charge is 0.351 e. The summed E-state index contributed by atoms with van der Waals surface area (Å²) < 4.78 is 49.3. The molecule has 1 amide bonds. The number of thiophene rings is 1. The molecule has 2 aliphatic rings. The molecular formula is C20H22F3N3O3S. The van der Waals surface area contributed by atoms with E-state index in [-0.39, 0.29) is 34.9 Å². The van der Waals surface area contributed by atoms with E-state index in [0.29, 0.717) is 4.88 Å². The number of nitrogens with zero attached hydrogens (tertiary/aromatic N) is 3. The molecule has 6 nitrogen and oxygen atoms in total. The summed E-state index contributed by atoms with van der Waals surface area (Å²) in [5.41, 5.74) is 0.00910. The molecule has 2 fully saturated rings. The number of carbonyl (C=O) groups is 1. The standard InChI is InChI=1S/C20H22F3N3O3S/c1-11-15(25-29-17(11)20(21,22)23)13-5-6-14(30-13)16-18(28-16)26-8-4-7-19(3,10-26)9-24-12(2)27/h5-6,9,16,18H,4,7-8,10H2,1-3H3/t16?,18?,19-/m0/s1. The third-order valence-corrected chi connectivity index (χ3v) is 6.62. The summed E-state index contributed by atoms with van der Waals surface area (Å²) >= 11 is 1.36. The molecule has 4 heterocycles. The summed E-state index contributed by atoms with van der Waals surface area (Å²) in [6.07, 6.45) is -1.09. The Morgan fingerprint density at radius 2 is 2.20 bits per heavy atom. The second kappa shape index (κ2) is 7.58. The van der Waals surface area contributed by atoms with Gasteiger partial charge >= 0.3 is 6.18 Å². The summed E-state index contributed by atoms with van der Waals surface area (Å²) in [5, 5.41) is 3.63. The van der Waals surface area contributed by atoms with Gasteiger partial charge in [-0.1, -0.05) is 12.1 Å². The average molecular weight is 441 g/mol. The maximum Gasteiger partial charge on any atom is 0.452 e. The first kappa shape index (κ1) is 21.2. The second-order valence-corrected chi connectivity index (χ2v) is 9.25. The summed E-state index contributed by atoms with van der Waals surface area (Å²) in [6.45, 7) is 6.50. The zero-order chi connectivity index (χ0) is 21.7. The van der Waals surface area contributed by atoms with Crippen LogP contribution in [-0.2, 0) is 15.7 Å². The number of aromatic nitrogens is 1. The highest BCUT2D eigenvalue weighted by Crippen LogP contribution is 2.48. The van der Waals surface area contributed by atoms with Crippen molar-refractivity contribution in [3.05, 3.63) is 28.3 Å². The van der Waals surface area contributed by atoms with Crippen LogP contribution >= 0.6 is 11.3 Å². The monoisotopic (exact) mass is 441 g/mol. The van der Waals surface area contributed by atoms with Crippen molar-refractivity contribution < 1.29 is 27.2 Å². The number of halogens is 3.